The number of carbonyl (C=O) groups excluding carboxylic acids is 1. The quantitative estimate of drug-likeness (QED) is 0.714. The van der Waals surface area contributed by atoms with E-state index in [-0.39, 0.29) is 5.56 Å². The van der Waals surface area contributed by atoms with Gasteiger partial charge < -0.3 is 9.47 Å². The average molecular weight is 363 g/mol. The van der Waals surface area contributed by atoms with Crippen LogP contribution >= 0.6 is 0 Å². The van der Waals surface area contributed by atoms with Gasteiger partial charge in [-0.25, -0.2) is 4.79 Å². The Hall–Kier alpha value is -3.01. The van der Waals surface area contributed by atoms with Crippen LogP contribution in [0.5, 0.6) is 5.75 Å². The lowest BCUT2D eigenvalue weighted by atomic mass is 10.0. The highest BCUT2D eigenvalue weighted by molar-refractivity contribution is 5.90. The zero-order valence-electron chi connectivity index (χ0n) is 14.3. The normalized spacial score (nSPS) is 11.6. The van der Waals surface area contributed by atoms with Crippen molar-refractivity contribution in [2.24, 2.45) is 0 Å². The fourth-order valence-electron chi connectivity index (χ4n) is 2.14. The van der Waals surface area contributed by atoms with Crippen molar-refractivity contribution >= 4 is 5.97 Å². The van der Waals surface area contributed by atoms with E-state index in [0.29, 0.717) is 16.7 Å². The first-order valence-corrected chi connectivity index (χ1v) is 7.62. The van der Waals surface area contributed by atoms with Crippen LogP contribution in [0.1, 0.15) is 36.7 Å². The largest absolute Gasteiger partial charge is 0.573 e. The molecule has 0 spiro atoms. The van der Waals surface area contributed by atoms with Crippen LogP contribution in [0.4, 0.5) is 13.2 Å². The molecule has 136 valence electrons. The standard InChI is InChI=1S/C19H16F3NO3/c1-18(2,3)26-17(24)13-6-4-12(5-7-13)14-8-9-15(11-23)16(10-14)25-19(20,21)22/h4-10H,1-3H3. The predicted molar refractivity (Wildman–Crippen MR) is 88.4 cm³/mol. The van der Waals surface area contributed by atoms with Crippen LogP contribution in [-0.4, -0.2) is 17.9 Å². The topological polar surface area (TPSA) is 59.3 Å². The van der Waals surface area contributed by atoms with Crippen LogP contribution in [0.3, 0.4) is 0 Å². The van der Waals surface area contributed by atoms with Gasteiger partial charge in [-0.15, -0.1) is 13.2 Å². The molecule has 2 rings (SSSR count). The van der Waals surface area contributed by atoms with Crippen molar-refractivity contribution in [1.82, 2.24) is 0 Å². The van der Waals surface area contributed by atoms with Gasteiger partial charge in [-0.2, -0.15) is 5.26 Å². The number of rotatable bonds is 3. The molecule has 0 saturated heterocycles. The number of alkyl halides is 3. The summed E-state index contributed by atoms with van der Waals surface area (Å²) in [5, 5.41) is 8.92. The Labute approximate surface area is 148 Å². The van der Waals surface area contributed by atoms with E-state index < -0.39 is 23.7 Å². The molecule has 0 heterocycles. The van der Waals surface area contributed by atoms with Gasteiger partial charge in [0, 0.05) is 0 Å². The molecule has 0 aliphatic carbocycles. The molecule has 0 unspecified atom stereocenters. The van der Waals surface area contributed by atoms with Crippen LogP contribution in [-0.2, 0) is 4.74 Å². The molecule has 0 saturated carbocycles. The Balaban J connectivity index is 2.30. The first-order chi connectivity index (χ1) is 12.0. The summed E-state index contributed by atoms with van der Waals surface area (Å²) in [5.74, 6) is -1.07. The Kier molecular flexibility index (Phi) is 5.26. The third-order valence-corrected chi connectivity index (χ3v) is 3.18. The van der Waals surface area contributed by atoms with Crippen molar-refractivity contribution in [3.63, 3.8) is 0 Å². The van der Waals surface area contributed by atoms with E-state index in [1.54, 1.807) is 39.0 Å². The van der Waals surface area contributed by atoms with Crippen molar-refractivity contribution in [1.29, 1.82) is 5.26 Å². The Morgan fingerprint density at radius 1 is 1.00 bits per heavy atom. The van der Waals surface area contributed by atoms with Gasteiger partial charge in [0.25, 0.3) is 0 Å². The first kappa shape index (κ1) is 19.3. The molecule has 0 bridgehead atoms. The number of esters is 1. The molecule has 0 N–H and O–H groups in total. The maximum Gasteiger partial charge on any atom is 0.573 e. The fourth-order valence-corrected chi connectivity index (χ4v) is 2.14. The van der Waals surface area contributed by atoms with Crippen LogP contribution < -0.4 is 4.74 Å². The minimum Gasteiger partial charge on any atom is -0.456 e. The van der Waals surface area contributed by atoms with Gasteiger partial charge in [0.2, 0.25) is 0 Å². The maximum atomic E-state index is 12.5. The zero-order chi connectivity index (χ0) is 19.5. The number of carbonyl (C=O) groups is 1. The molecule has 0 amide bonds. The van der Waals surface area contributed by atoms with Gasteiger partial charge in [-0.1, -0.05) is 18.2 Å². The summed E-state index contributed by atoms with van der Waals surface area (Å²) in [7, 11) is 0. The maximum absolute atomic E-state index is 12.5. The third kappa shape index (κ3) is 5.24. The molecule has 0 atom stereocenters. The molecule has 0 fully saturated rings. The Morgan fingerprint density at radius 3 is 2.08 bits per heavy atom. The Bertz CT molecular complexity index is 844. The fraction of sp³-hybridized carbons (Fsp3) is 0.263. The van der Waals surface area contributed by atoms with Crippen molar-refractivity contribution in [3.8, 4) is 22.9 Å². The minimum atomic E-state index is -4.90. The molecular formula is C19H16F3NO3. The molecule has 26 heavy (non-hydrogen) atoms. The molecule has 2 aromatic carbocycles. The first-order valence-electron chi connectivity index (χ1n) is 7.62. The van der Waals surface area contributed by atoms with Crippen molar-refractivity contribution < 1.29 is 27.4 Å². The number of hydrogen-bond donors (Lipinski definition) is 0. The van der Waals surface area contributed by atoms with E-state index in [1.165, 1.54) is 24.3 Å². The molecule has 0 aliphatic rings. The summed E-state index contributed by atoms with van der Waals surface area (Å²) in [4.78, 5) is 12.0. The molecule has 7 heteroatoms. The highest BCUT2D eigenvalue weighted by Crippen LogP contribution is 2.31. The SMILES string of the molecule is CC(C)(C)OC(=O)c1ccc(-c2ccc(C#N)c(OC(F)(F)F)c2)cc1. The lowest BCUT2D eigenvalue weighted by molar-refractivity contribution is -0.274. The van der Waals surface area contributed by atoms with Crippen LogP contribution in [0.2, 0.25) is 0 Å². The summed E-state index contributed by atoms with van der Waals surface area (Å²) in [6, 6.07) is 11.7. The summed E-state index contributed by atoms with van der Waals surface area (Å²) in [5.41, 5.74) is 0.445. The number of ether oxygens (including phenoxy) is 2. The van der Waals surface area contributed by atoms with Crippen LogP contribution in [0, 0.1) is 11.3 Å². The number of hydrogen-bond acceptors (Lipinski definition) is 4. The molecule has 0 radical (unpaired) electrons. The number of nitriles is 1. The lowest BCUT2D eigenvalue weighted by Crippen LogP contribution is -2.23. The summed E-state index contributed by atoms with van der Waals surface area (Å²) >= 11 is 0. The molecule has 0 aliphatic heterocycles. The van der Waals surface area contributed by atoms with Gasteiger partial charge in [-0.3, -0.25) is 0 Å². The van der Waals surface area contributed by atoms with Gasteiger partial charge in [0.05, 0.1) is 11.1 Å². The van der Waals surface area contributed by atoms with E-state index in [0.717, 1.165) is 6.07 Å². The number of nitrogens with zero attached hydrogens (tertiary/aromatic N) is 1. The molecular weight excluding hydrogens is 347 g/mol. The van der Waals surface area contributed by atoms with Gasteiger partial charge >= 0.3 is 12.3 Å². The summed E-state index contributed by atoms with van der Waals surface area (Å²) < 4.78 is 46.6. The zero-order valence-corrected chi connectivity index (χ0v) is 14.3. The molecule has 2 aromatic rings. The summed E-state index contributed by atoms with van der Waals surface area (Å²) in [6.07, 6.45) is -4.90. The average Bonchev–Trinajstić information content (AvgIpc) is 2.52. The van der Waals surface area contributed by atoms with Crippen molar-refractivity contribution in [2.45, 2.75) is 32.7 Å². The second-order valence-electron chi connectivity index (χ2n) is 6.45. The van der Waals surface area contributed by atoms with E-state index in [1.807, 2.05) is 0 Å². The number of benzene rings is 2. The van der Waals surface area contributed by atoms with Gasteiger partial charge in [-0.05, 0) is 56.2 Å². The second kappa shape index (κ2) is 7.08. The highest BCUT2D eigenvalue weighted by Gasteiger charge is 2.32. The summed E-state index contributed by atoms with van der Waals surface area (Å²) in [6.45, 7) is 5.24. The lowest BCUT2D eigenvalue weighted by Gasteiger charge is -2.19. The van der Waals surface area contributed by atoms with Crippen LogP contribution in [0.25, 0.3) is 11.1 Å². The monoisotopic (exact) mass is 363 g/mol. The van der Waals surface area contributed by atoms with E-state index >= 15 is 0 Å². The van der Waals surface area contributed by atoms with Gasteiger partial charge in [0.1, 0.15) is 17.4 Å². The minimum absolute atomic E-state index is 0.226. The highest BCUT2D eigenvalue weighted by atomic mass is 19.4. The van der Waals surface area contributed by atoms with Gasteiger partial charge in [0.15, 0.2) is 0 Å². The second-order valence-corrected chi connectivity index (χ2v) is 6.45. The smallest absolute Gasteiger partial charge is 0.456 e. The van der Waals surface area contributed by atoms with E-state index in [9.17, 15) is 18.0 Å². The third-order valence-electron chi connectivity index (χ3n) is 3.18. The van der Waals surface area contributed by atoms with Crippen molar-refractivity contribution in [3.05, 3.63) is 53.6 Å². The number of halogens is 3. The molecule has 4 nitrogen and oxygen atoms in total. The van der Waals surface area contributed by atoms with Crippen molar-refractivity contribution in [2.75, 3.05) is 0 Å². The predicted octanol–water partition coefficient (Wildman–Crippen LogP) is 5.08. The van der Waals surface area contributed by atoms with E-state index in [2.05, 4.69) is 4.74 Å². The van der Waals surface area contributed by atoms with E-state index in [4.69, 9.17) is 10.00 Å². The van der Waals surface area contributed by atoms with Crippen LogP contribution in [0.15, 0.2) is 42.5 Å². The molecule has 0 aromatic heterocycles. The Morgan fingerprint density at radius 2 is 1.58 bits per heavy atom.